The highest BCUT2D eigenvalue weighted by Gasteiger charge is 2.17. The molecule has 0 saturated carbocycles. The molecule has 0 bridgehead atoms. The fourth-order valence-electron chi connectivity index (χ4n) is 2.63. The number of rotatable bonds is 6. The fourth-order valence-corrected chi connectivity index (χ4v) is 3.33. The molecular formula is C22H23NO2S. The Labute approximate surface area is 158 Å². The molecule has 0 radical (unpaired) electrons. The summed E-state index contributed by atoms with van der Waals surface area (Å²) in [5, 5.41) is 2.03. The maximum Gasteiger partial charge on any atom is 0.265 e. The zero-order chi connectivity index (χ0) is 18.5. The van der Waals surface area contributed by atoms with E-state index >= 15 is 0 Å². The summed E-state index contributed by atoms with van der Waals surface area (Å²) in [6.45, 7) is 6.71. The smallest absolute Gasteiger partial charge is 0.265 e. The Morgan fingerprint density at radius 2 is 1.77 bits per heavy atom. The number of amides is 1. The van der Waals surface area contributed by atoms with Crippen molar-refractivity contribution in [2.75, 3.05) is 11.5 Å². The molecule has 0 fully saturated rings. The third-order valence-corrected chi connectivity index (χ3v) is 5.24. The summed E-state index contributed by atoms with van der Waals surface area (Å²) in [6.07, 6.45) is 0. The number of nitrogens with zero attached hydrogens (tertiary/aromatic N) is 1. The van der Waals surface area contributed by atoms with Crippen LogP contribution in [0.4, 0.5) is 5.69 Å². The summed E-state index contributed by atoms with van der Waals surface area (Å²) in [5.74, 6) is 0.668. The quantitative estimate of drug-likeness (QED) is 0.594. The highest BCUT2D eigenvalue weighted by atomic mass is 32.1. The average Bonchev–Trinajstić information content (AvgIpc) is 3.14. The molecule has 2 aromatic carbocycles. The van der Waals surface area contributed by atoms with Crippen molar-refractivity contribution in [3.05, 3.63) is 81.5 Å². The first-order valence-corrected chi connectivity index (χ1v) is 9.50. The lowest BCUT2D eigenvalue weighted by Gasteiger charge is -2.23. The van der Waals surface area contributed by atoms with Crippen molar-refractivity contribution in [1.29, 1.82) is 0 Å². The Balaban J connectivity index is 1.75. The Morgan fingerprint density at radius 3 is 2.42 bits per heavy atom. The number of benzene rings is 2. The average molecular weight is 365 g/mol. The van der Waals surface area contributed by atoms with Gasteiger partial charge in [-0.3, -0.25) is 4.79 Å². The summed E-state index contributed by atoms with van der Waals surface area (Å²) < 4.78 is 5.76. The van der Waals surface area contributed by atoms with Crippen LogP contribution < -0.4 is 9.64 Å². The van der Waals surface area contributed by atoms with E-state index in [4.69, 9.17) is 4.74 Å². The molecule has 0 aliphatic rings. The highest BCUT2D eigenvalue weighted by Crippen LogP contribution is 2.22. The number of carbonyl (C=O) groups excluding carboxylic acids is 1. The van der Waals surface area contributed by atoms with E-state index in [0.29, 0.717) is 6.54 Å². The van der Waals surface area contributed by atoms with Gasteiger partial charge in [0.15, 0.2) is 6.61 Å². The Bertz CT molecular complexity index is 870. The van der Waals surface area contributed by atoms with E-state index in [9.17, 15) is 4.79 Å². The lowest BCUT2D eigenvalue weighted by Crippen LogP contribution is -2.34. The van der Waals surface area contributed by atoms with Crippen LogP contribution in [-0.2, 0) is 11.3 Å². The minimum absolute atomic E-state index is 0.0156. The van der Waals surface area contributed by atoms with Crippen molar-refractivity contribution >= 4 is 22.9 Å². The predicted octanol–water partition coefficient (Wildman–Crippen LogP) is 5.29. The van der Waals surface area contributed by atoms with E-state index in [1.807, 2.05) is 73.8 Å². The van der Waals surface area contributed by atoms with Gasteiger partial charge in [0.05, 0.1) is 6.54 Å². The molecule has 4 heteroatoms. The third-order valence-electron chi connectivity index (χ3n) is 4.38. The van der Waals surface area contributed by atoms with Gasteiger partial charge in [-0.15, -0.1) is 11.3 Å². The molecule has 134 valence electrons. The molecule has 0 N–H and O–H groups in total. The number of ether oxygens (including phenoxy) is 1. The molecule has 1 aromatic heterocycles. The van der Waals surface area contributed by atoms with Crippen LogP contribution in [0.1, 0.15) is 21.6 Å². The zero-order valence-electron chi connectivity index (χ0n) is 15.4. The Morgan fingerprint density at radius 1 is 1.00 bits per heavy atom. The molecule has 0 aliphatic carbocycles. The van der Waals surface area contributed by atoms with E-state index in [-0.39, 0.29) is 12.5 Å². The molecule has 0 spiro atoms. The second-order valence-electron chi connectivity index (χ2n) is 6.43. The zero-order valence-corrected chi connectivity index (χ0v) is 16.2. The maximum absolute atomic E-state index is 12.9. The first kappa shape index (κ1) is 18.2. The number of carbonyl (C=O) groups is 1. The molecule has 3 rings (SSSR count). The second kappa shape index (κ2) is 8.19. The van der Waals surface area contributed by atoms with Gasteiger partial charge in [0.25, 0.3) is 5.91 Å². The molecule has 3 aromatic rings. The van der Waals surface area contributed by atoms with Crippen molar-refractivity contribution in [2.45, 2.75) is 27.3 Å². The second-order valence-corrected chi connectivity index (χ2v) is 7.46. The van der Waals surface area contributed by atoms with Gasteiger partial charge < -0.3 is 9.64 Å². The van der Waals surface area contributed by atoms with Crippen LogP contribution in [0, 0.1) is 20.8 Å². The summed E-state index contributed by atoms with van der Waals surface area (Å²) in [6, 6.07) is 17.9. The van der Waals surface area contributed by atoms with Crippen LogP contribution in [0.25, 0.3) is 0 Å². The number of aryl methyl sites for hydroxylation is 3. The third kappa shape index (κ3) is 4.52. The van der Waals surface area contributed by atoms with Crippen molar-refractivity contribution in [1.82, 2.24) is 0 Å². The van der Waals surface area contributed by atoms with Crippen molar-refractivity contribution in [3.8, 4) is 5.75 Å². The van der Waals surface area contributed by atoms with Gasteiger partial charge in [-0.05, 0) is 67.6 Å². The number of anilines is 1. The summed E-state index contributed by atoms with van der Waals surface area (Å²) in [7, 11) is 0. The van der Waals surface area contributed by atoms with E-state index in [1.54, 1.807) is 16.2 Å². The van der Waals surface area contributed by atoms with Crippen molar-refractivity contribution in [3.63, 3.8) is 0 Å². The molecule has 26 heavy (non-hydrogen) atoms. The van der Waals surface area contributed by atoms with Crippen LogP contribution in [0.2, 0.25) is 0 Å². The topological polar surface area (TPSA) is 29.5 Å². The van der Waals surface area contributed by atoms with Crippen molar-refractivity contribution in [2.24, 2.45) is 0 Å². The van der Waals surface area contributed by atoms with Gasteiger partial charge >= 0.3 is 0 Å². The molecule has 3 nitrogen and oxygen atoms in total. The highest BCUT2D eigenvalue weighted by molar-refractivity contribution is 7.09. The molecule has 1 amide bonds. The first-order chi connectivity index (χ1) is 12.5. The summed E-state index contributed by atoms with van der Waals surface area (Å²) in [4.78, 5) is 15.8. The Kier molecular flexibility index (Phi) is 5.74. The largest absolute Gasteiger partial charge is 0.484 e. The molecule has 0 atom stereocenters. The predicted molar refractivity (Wildman–Crippen MR) is 108 cm³/mol. The maximum atomic E-state index is 12.9. The van der Waals surface area contributed by atoms with Crippen molar-refractivity contribution < 1.29 is 9.53 Å². The lowest BCUT2D eigenvalue weighted by molar-refractivity contribution is -0.120. The molecule has 0 unspecified atom stereocenters. The molecule has 1 heterocycles. The number of hydrogen-bond donors (Lipinski definition) is 0. The summed E-state index contributed by atoms with van der Waals surface area (Å²) in [5.41, 5.74) is 4.42. The molecular weight excluding hydrogens is 342 g/mol. The van der Waals surface area contributed by atoms with Gasteiger partial charge in [0, 0.05) is 10.6 Å². The SMILES string of the molecule is Cc1ccc(N(Cc2cccs2)C(=O)COc2ccc(C)c(C)c2)cc1. The van der Waals surface area contributed by atoms with Crippen LogP contribution in [-0.4, -0.2) is 12.5 Å². The van der Waals surface area contributed by atoms with Gasteiger partial charge in [-0.25, -0.2) is 0 Å². The van der Waals surface area contributed by atoms with Crippen LogP contribution in [0.5, 0.6) is 5.75 Å². The Hall–Kier alpha value is -2.59. The fraction of sp³-hybridized carbons (Fsp3) is 0.227. The minimum Gasteiger partial charge on any atom is -0.484 e. The standard InChI is InChI=1S/C22H23NO2S/c1-16-6-9-19(10-7-16)23(14-21-5-4-12-26-21)22(24)15-25-20-11-8-17(2)18(3)13-20/h4-13H,14-15H2,1-3H3. The van der Waals surface area contributed by atoms with Crippen LogP contribution in [0.15, 0.2) is 60.0 Å². The van der Waals surface area contributed by atoms with Crippen LogP contribution >= 0.6 is 11.3 Å². The number of hydrogen-bond acceptors (Lipinski definition) is 3. The van der Waals surface area contributed by atoms with E-state index in [0.717, 1.165) is 21.9 Å². The van der Waals surface area contributed by atoms with E-state index < -0.39 is 0 Å². The molecule has 0 aliphatic heterocycles. The van der Waals surface area contributed by atoms with Gasteiger partial charge in [-0.1, -0.05) is 29.8 Å². The van der Waals surface area contributed by atoms with Crippen LogP contribution in [0.3, 0.4) is 0 Å². The van der Waals surface area contributed by atoms with Gasteiger partial charge in [0.2, 0.25) is 0 Å². The summed E-state index contributed by atoms with van der Waals surface area (Å²) >= 11 is 1.65. The number of thiophene rings is 1. The monoisotopic (exact) mass is 365 g/mol. The van der Waals surface area contributed by atoms with E-state index in [1.165, 1.54) is 11.1 Å². The lowest BCUT2D eigenvalue weighted by atomic mass is 10.1. The van der Waals surface area contributed by atoms with E-state index in [2.05, 4.69) is 6.92 Å². The minimum atomic E-state index is -0.0551. The van der Waals surface area contributed by atoms with Gasteiger partial charge in [0.1, 0.15) is 5.75 Å². The van der Waals surface area contributed by atoms with Gasteiger partial charge in [-0.2, -0.15) is 0 Å². The molecule has 0 saturated heterocycles. The normalized spacial score (nSPS) is 10.6. The first-order valence-electron chi connectivity index (χ1n) is 8.62.